The molecule has 136 valence electrons. The van der Waals surface area contributed by atoms with Gasteiger partial charge in [-0.15, -0.1) is 0 Å². The van der Waals surface area contributed by atoms with Crippen LogP contribution in [0.25, 0.3) is 21.8 Å². The van der Waals surface area contributed by atoms with Crippen LogP contribution in [0, 0.1) is 0 Å². The van der Waals surface area contributed by atoms with E-state index in [9.17, 15) is 9.59 Å². The summed E-state index contributed by atoms with van der Waals surface area (Å²) < 4.78 is 3.50. The smallest absolute Gasteiger partial charge is 0.270 e. The number of hydrogen-bond donors (Lipinski definition) is 1. The number of nitrogens with zero attached hydrogens (tertiary/aromatic N) is 2. The van der Waals surface area contributed by atoms with Gasteiger partial charge >= 0.3 is 0 Å². The van der Waals surface area contributed by atoms with Gasteiger partial charge in [0, 0.05) is 35.0 Å². The van der Waals surface area contributed by atoms with Gasteiger partial charge in [0.1, 0.15) is 0 Å². The van der Waals surface area contributed by atoms with Crippen LogP contribution in [0.5, 0.6) is 0 Å². The third kappa shape index (κ3) is 2.81. The number of pyridine rings is 1. The van der Waals surface area contributed by atoms with E-state index in [0.29, 0.717) is 12.0 Å². The summed E-state index contributed by atoms with van der Waals surface area (Å²) in [5, 5.41) is 1.97. The van der Waals surface area contributed by atoms with Crippen LogP contribution in [-0.2, 0) is 13.5 Å². The van der Waals surface area contributed by atoms with Gasteiger partial charge in [-0.25, -0.2) is 4.68 Å². The van der Waals surface area contributed by atoms with E-state index in [4.69, 9.17) is 0 Å². The monoisotopic (exact) mass is 359 g/mol. The number of benzene rings is 2. The lowest BCUT2D eigenvalue weighted by molar-refractivity contribution is 0.101. The second-order valence-corrected chi connectivity index (χ2v) is 6.66. The Morgan fingerprint density at radius 3 is 2.44 bits per heavy atom. The maximum Gasteiger partial charge on any atom is 0.270 e. The Bertz CT molecular complexity index is 1200. The van der Waals surface area contributed by atoms with Crippen molar-refractivity contribution in [2.45, 2.75) is 19.8 Å². The Morgan fingerprint density at radius 1 is 1.00 bits per heavy atom. The molecule has 0 radical (unpaired) electrons. The first-order chi connectivity index (χ1) is 13.1. The summed E-state index contributed by atoms with van der Waals surface area (Å²) in [6.07, 6.45) is 1.55. The normalized spacial score (nSPS) is 11.2. The van der Waals surface area contributed by atoms with Gasteiger partial charge in [-0.1, -0.05) is 49.7 Å². The van der Waals surface area contributed by atoms with Gasteiger partial charge in [0.25, 0.3) is 11.5 Å². The molecule has 0 aliphatic rings. The fourth-order valence-corrected chi connectivity index (χ4v) is 3.69. The van der Waals surface area contributed by atoms with Crippen LogP contribution in [-0.4, -0.2) is 15.2 Å². The standard InChI is InChI=1S/C22H21N3O2/c1-3-9-19-21-17(16-12-7-8-13-18(16)24(21)2)14-20(26)25(19)23-22(27)15-10-5-4-6-11-15/h4-8,10-14H,3,9H2,1-2H3,(H,23,27). The number of carbonyl (C=O) groups is 1. The molecule has 2 aromatic heterocycles. The number of carbonyl (C=O) groups excluding carboxylic acids is 1. The Balaban J connectivity index is 1.95. The molecule has 0 saturated heterocycles. The highest BCUT2D eigenvalue weighted by atomic mass is 16.2. The molecule has 0 aliphatic heterocycles. The van der Waals surface area contributed by atoms with Crippen molar-refractivity contribution in [3.8, 4) is 0 Å². The molecule has 0 atom stereocenters. The van der Waals surface area contributed by atoms with Gasteiger partial charge in [-0.2, -0.15) is 0 Å². The summed E-state index contributed by atoms with van der Waals surface area (Å²) in [4.78, 5) is 25.5. The minimum Gasteiger partial charge on any atom is -0.342 e. The molecule has 0 aliphatic carbocycles. The van der Waals surface area contributed by atoms with Crippen LogP contribution >= 0.6 is 0 Å². The van der Waals surface area contributed by atoms with Crippen molar-refractivity contribution in [3.05, 3.63) is 82.3 Å². The molecule has 2 aromatic carbocycles. The largest absolute Gasteiger partial charge is 0.342 e. The number of aryl methyl sites for hydroxylation is 2. The summed E-state index contributed by atoms with van der Waals surface area (Å²) >= 11 is 0. The lowest BCUT2D eigenvalue weighted by Gasteiger charge is -2.16. The third-order valence-electron chi connectivity index (χ3n) is 4.91. The molecule has 0 saturated carbocycles. The number of aromatic nitrogens is 2. The number of para-hydroxylation sites is 1. The molecule has 0 unspecified atom stereocenters. The minimum atomic E-state index is -0.298. The second-order valence-electron chi connectivity index (χ2n) is 6.66. The summed E-state index contributed by atoms with van der Waals surface area (Å²) in [6.45, 7) is 2.06. The maximum atomic E-state index is 12.9. The van der Waals surface area contributed by atoms with E-state index in [2.05, 4.69) is 16.9 Å². The number of rotatable bonds is 4. The van der Waals surface area contributed by atoms with Crippen molar-refractivity contribution >= 4 is 27.7 Å². The van der Waals surface area contributed by atoms with Crippen molar-refractivity contribution in [1.29, 1.82) is 0 Å². The van der Waals surface area contributed by atoms with E-state index >= 15 is 0 Å². The maximum absolute atomic E-state index is 12.9. The van der Waals surface area contributed by atoms with Crippen molar-refractivity contribution in [2.75, 3.05) is 5.43 Å². The summed E-state index contributed by atoms with van der Waals surface area (Å²) in [7, 11) is 2.00. The Morgan fingerprint density at radius 2 is 1.70 bits per heavy atom. The highest BCUT2D eigenvalue weighted by Gasteiger charge is 2.18. The van der Waals surface area contributed by atoms with Crippen molar-refractivity contribution in [2.24, 2.45) is 7.05 Å². The Labute approximate surface area is 156 Å². The van der Waals surface area contributed by atoms with Gasteiger partial charge in [0.2, 0.25) is 0 Å². The highest BCUT2D eigenvalue weighted by molar-refractivity contribution is 6.09. The Hall–Kier alpha value is -3.34. The van der Waals surface area contributed by atoms with Crippen molar-refractivity contribution < 1.29 is 4.79 Å². The summed E-state index contributed by atoms with van der Waals surface area (Å²) in [5.74, 6) is -0.298. The zero-order valence-corrected chi connectivity index (χ0v) is 15.4. The van der Waals surface area contributed by atoms with Crippen LogP contribution in [0.3, 0.4) is 0 Å². The number of nitrogens with one attached hydrogen (secondary N) is 1. The molecule has 4 rings (SSSR count). The first-order valence-corrected chi connectivity index (χ1v) is 9.10. The molecular weight excluding hydrogens is 338 g/mol. The van der Waals surface area contributed by atoms with Gasteiger partial charge in [-0.3, -0.25) is 15.0 Å². The lowest BCUT2D eigenvalue weighted by Crippen LogP contribution is -2.35. The van der Waals surface area contributed by atoms with E-state index in [1.54, 1.807) is 30.3 Å². The molecule has 1 amide bonds. The van der Waals surface area contributed by atoms with Crippen LogP contribution in [0.15, 0.2) is 65.5 Å². The second kappa shape index (κ2) is 6.76. The van der Waals surface area contributed by atoms with Crippen LogP contribution in [0.4, 0.5) is 0 Å². The van der Waals surface area contributed by atoms with Gasteiger partial charge in [0.05, 0.1) is 11.2 Å². The lowest BCUT2D eigenvalue weighted by atomic mass is 10.1. The van der Waals surface area contributed by atoms with E-state index in [0.717, 1.165) is 33.9 Å². The van der Waals surface area contributed by atoms with E-state index in [1.807, 2.05) is 37.4 Å². The number of hydrogen-bond acceptors (Lipinski definition) is 2. The molecule has 1 N–H and O–H groups in total. The third-order valence-corrected chi connectivity index (χ3v) is 4.91. The van der Waals surface area contributed by atoms with E-state index < -0.39 is 0 Å². The van der Waals surface area contributed by atoms with Crippen molar-refractivity contribution in [3.63, 3.8) is 0 Å². The fraction of sp³-hybridized carbons (Fsp3) is 0.182. The molecular formula is C22H21N3O2. The predicted octanol–water partition coefficient (Wildman–Crippen LogP) is 3.83. The molecule has 5 nitrogen and oxygen atoms in total. The average Bonchev–Trinajstić information content (AvgIpc) is 2.97. The number of fused-ring (bicyclic) bond motifs is 3. The van der Waals surface area contributed by atoms with E-state index in [1.165, 1.54) is 4.68 Å². The summed E-state index contributed by atoms with van der Waals surface area (Å²) in [5.41, 5.74) is 5.95. The Kier molecular flexibility index (Phi) is 4.28. The topological polar surface area (TPSA) is 56.0 Å². The van der Waals surface area contributed by atoms with Crippen LogP contribution in [0.2, 0.25) is 0 Å². The molecule has 4 aromatic rings. The molecule has 27 heavy (non-hydrogen) atoms. The SMILES string of the molecule is CCCc1c2c(cc(=O)n1NC(=O)c1ccccc1)c1ccccc1n2C. The first kappa shape index (κ1) is 17.1. The molecule has 0 spiro atoms. The van der Waals surface area contributed by atoms with Crippen LogP contribution < -0.4 is 11.0 Å². The predicted molar refractivity (Wildman–Crippen MR) is 109 cm³/mol. The average molecular weight is 359 g/mol. The molecule has 0 fully saturated rings. The zero-order valence-electron chi connectivity index (χ0n) is 15.4. The molecule has 0 bridgehead atoms. The zero-order chi connectivity index (χ0) is 19.0. The van der Waals surface area contributed by atoms with Gasteiger partial charge in [-0.05, 0) is 24.6 Å². The van der Waals surface area contributed by atoms with E-state index in [-0.39, 0.29) is 11.5 Å². The van der Waals surface area contributed by atoms with Gasteiger partial charge in [0.15, 0.2) is 0 Å². The van der Waals surface area contributed by atoms with Crippen LogP contribution in [0.1, 0.15) is 29.4 Å². The quantitative estimate of drug-likeness (QED) is 0.602. The fourth-order valence-electron chi connectivity index (χ4n) is 3.69. The summed E-state index contributed by atoms with van der Waals surface area (Å²) in [6, 6.07) is 18.6. The minimum absolute atomic E-state index is 0.230. The highest BCUT2D eigenvalue weighted by Crippen LogP contribution is 2.29. The van der Waals surface area contributed by atoms with Crippen molar-refractivity contribution in [1.82, 2.24) is 9.24 Å². The molecule has 2 heterocycles. The molecule has 5 heteroatoms. The first-order valence-electron chi connectivity index (χ1n) is 9.10. The number of amides is 1. The van der Waals surface area contributed by atoms with Gasteiger partial charge < -0.3 is 4.57 Å².